The number of hydrogen-bond donors (Lipinski definition) is 1. The maximum atomic E-state index is 10.7. The predicted octanol–water partition coefficient (Wildman–Crippen LogP) is 0.413. The fourth-order valence-corrected chi connectivity index (χ4v) is 2.28. The van der Waals surface area contributed by atoms with E-state index >= 15 is 0 Å². The van der Waals surface area contributed by atoms with Gasteiger partial charge in [0.05, 0.1) is 5.92 Å². The van der Waals surface area contributed by atoms with Gasteiger partial charge in [-0.15, -0.1) is 0 Å². The van der Waals surface area contributed by atoms with E-state index in [4.69, 9.17) is 5.11 Å². The highest BCUT2D eigenvalue weighted by Gasteiger charge is 2.37. The number of carboxylic acids is 1. The van der Waals surface area contributed by atoms with Crippen LogP contribution in [-0.4, -0.2) is 35.6 Å². The number of nitrogens with zero attached hydrogens (tertiary/aromatic N) is 1. The number of hydrogen-bond acceptors (Lipinski definition) is 2. The summed E-state index contributed by atoms with van der Waals surface area (Å²) < 4.78 is 0. The Kier molecular flexibility index (Phi) is 1.60. The van der Waals surface area contributed by atoms with E-state index in [0.717, 1.165) is 32.5 Å². The maximum Gasteiger partial charge on any atom is 0.306 e. The lowest BCUT2D eigenvalue weighted by molar-refractivity contribution is -0.144. The molecule has 11 heavy (non-hydrogen) atoms. The van der Waals surface area contributed by atoms with Crippen LogP contribution in [0.1, 0.15) is 12.8 Å². The minimum atomic E-state index is -0.587. The van der Waals surface area contributed by atoms with E-state index in [1.54, 1.807) is 0 Å². The summed E-state index contributed by atoms with van der Waals surface area (Å²) in [6, 6.07) is 0. The number of rotatable bonds is 1. The molecule has 3 nitrogen and oxygen atoms in total. The summed E-state index contributed by atoms with van der Waals surface area (Å²) in [6.07, 6.45) is 1.96. The number of carbonyl (C=O) groups is 1. The third-order valence-corrected chi connectivity index (χ3v) is 2.95. The Labute approximate surface area is 66.0 Å². The summed E-state index contributed by atoms with van der Waals surface area (Å²) in [5.74, 6) is -0.188. The van der Waals surface area contributed by atoms with Crippen LogP contribution in [0.15, 0.2) is 0 Å². The van der Waals surface area contributed by atoms with Crippen molar-refractivity contribution < 1.29 is 9.90 Å². The fourth-order valence-electron chi connectivity index (χ4n) is 2.28. The monoisotopic (exact) mass is 155 g/mol. The van der Waals surface area contributed by atoms with Gasteiger partial charge in [-0.25, -0.2) is 0 Å². The van der Waals surface area contributed by atoms with E-state index in [2.05, 4.69) is 4.90 Å². The average Bonchev–Trinajstić information content (AvgIpc) is 2.32. The highest BCUT2D eigenvalue weighted by Crippen LogP contribution is 2.31. The first-order valence-corrected chi connectivity index (χ1v) is 4.22. The third-order valence-electron chi connectivity index (χ3n) is 2.95. The molecule has 3 atom stereocenters. The zero-order valence-electron chi connectivity index (χ0n) is 6.49. The zero-order valence-corrected chi connectivity index (χ0v) is 6.49. The first kappa shape index (κ1) is 7.10. The summed E-state index contributed by atoms with van der Waals surface area (Å²) in [7, 11) is 0. The van der Waals surface area contributed by atoms with Gasteiger partial charge in [0.25, 0.3) is 0 Å². The molecule has 0 aromatic heterocycles. The molecular weight excluding hydrogens is 142 g/mol. The Morgan fingerprint density at radius 1 is 1.36 bits per heavy atom. The van der Waals surface area contributed by atoms with Crippen LogP contribution in [0.25, 0.3) is 0 Å². The topological polar surface area (TPSA) is 40.5 Å². The minimum Gasteiger partial charge on any atom is -0.481 e. The predicted molar refractivity (Wildman–Crippen MR) is 40.3 cm³/mol. The van der Waals surface area contributed by atoms with Crippen molar-refractivity contribution in [2.45, 2.75) is 12.8 Å². The smallest absolute Gasteiger partial charge is 0.306 e. The second-order valence-electron chi connectivity index (χ2n) is 3.58. The van der Waals surface area contributed by atoms with Crippen molar-refractivity contribution in [1.82, 2.24) is 4.90 Å². The molecule has 2 heterocycles. The highest BCUT2D eigenvalue weighted by molar-refractivity contribution is 5.70. The number of fused-ring (bicyclic) bond motifs is 2. The SMILES string of the molecule is O=C(O)C1CCN2CCC1C2. The van der Waals surface area contributed by atoms with Gasteiger partial charge in [-0.05, 0) is 31.8 Å². The zero-order chi connectivity index (χ0) is 7.84. The van der Waals surface area contributed by atoms with E-state index < -0.39 is 5.97 Å². The minimum absolute atomic E-state index is 0.0475. The Morgan fingerprint density at radius 3 is 2.82 bits per heavy atom. The van der Waals surface area contributed by atoms with E-state index in [9.17, 15) is 4.79 Å². The quantitative estimate of drug-likeness (QED) is 0.596. The fraction of sp³-hybridized carbons (Fsp3) is 0.875. The van der Waals surface area contributed by atoms with Gasteiger partial charge in [-0.3, -0.25) is 4.79 Å². The molecule has 2 saturated heterocycles. The molecule has 2 aliphatic rings. The third kappa shape index (κ3) is 1.13. The lowest BCUT2D eigenvalue weighted by Crippen LogP contribution is -2.35. The van der Waals surface area contributed by atoms with Crippen molar-refractivity contribution in [2.75, 3.05) is 19.6 Å². The largest absolute Gasteiger partial charge is 0.481 e. The van der Waals surface area contributed by atoms with Crippen molar-refractivity contribution in [3.8, 4) is 0 Å². The van der Waals surface area contributed by atoms with Gasteiger partial charge in [-0.1, -0.05) is 0 Å². The molecule has 2 bridgehead atoms. The van der Waals surface area contributed by atoms with Gasteiger partial charge in [0.2, 0.25) is 0 Å². The second-order valence-corrected chi connectivity index (χ2v) is 3.58. The Balaban J connectivity index is 2.07. The summed E-state index contributed by atoms with van der Waals surface area (Å²) in [5.41, 5.74) is 0. The van der Waals surface area contributed by atoms with E-state index in [1.165, 1.54) is 0 Å². The summed E-state index contributed by atoms with van der Waals surface area (Å²) in [6.45, 7) is 3.14. The molecule has 0 spiro atoms. The van der Waals surface area contributed by atoms with Crippen LogP contribution in [0.3, 0.4) is 0 Å². The lowest BCUT2D eigenvalue weighted by atomic mass is 9.87. The van der Waals surface area contributed by atoms with Crippen LogP contribution in [0.2, 0.25) is 0 Å². The standard InChI is InChI=1S/C8H13NO2/c10-8(11)7-2-4-9-3-1-6(7)5-9/h6-7H,1-5H2,(H,10,11). The molecule has 0 radical (unpaired) electrons. The summed E-state index contributed by atoms with van der Waals surface area (Å²) >= 11 is 0. The lowest BCUT2D eigenvalue weighted by Gasteiger charge is -2.27. The van der Waals surface area contributed by atoms with Crippen LogP contribution in [0.4, 0.5) is 0 Å². The van der Waals surface area contributed by atoms with Gasteiger partial charge in [0.1, 0.15) is 0 Å². The van der Waals surface area contributed by atoms with Crippen molar-refractivity contribution >= 4 is 5.97 Å². The molecule has 62 valence electrons. The van der Waals surface area contributed by atoms with Gasteiger partial charge in [0, 0.05) is 6.54 Å². The van der Waals surface area contributed by atoms with E-state index in [1.807, 2.05) is 0 Å². The summed E-state index contributed by atoms with van der Waals surface area (Å²) in [4.78, 5) is 13.1. The molecule has 3 heteroatoms. The molecule has 0 saturated carbocycles. The first-order valence-electron chi connectivity index (χ1n) is 4.22. The Bertz CT molecular complexity index is 181. The second kappa shape index (κ2) is 2.48. The summed E-state index contributed by atoms with van der Waals surface area (Å²) in [5, 5.41) is 8.84. The molecule has 2 rings (SSSR count). The van der Waals surface area contributed by atoms with Crippen LogP contribution >= 0.6 is 0 Å². The molecule has 2 fully saturated rings. The van der Waals surface area contributed by atoms with Gasteiger partial charge in [0.15, 0.2) is 0 Å². The van der Waals surface area contributed by atoms with Crippen molar-refractivity contribution in [3.63, 3.8) is 0 Å². The molecule has 2 aliphatic heterocycles. The van der Waals surface area contributed by atoms with Crippen LogP contribution < -0.4 is 0 Å². The van der Waals surface area contributed by atoms with Crippen LogP contribution in [-0.2, 0) is 4.79 Å². The Hall–Kier alpha value is -0.570. The normalized spacial score (nSPS) is 42.4. The molecule has 0 aliphatic carbocycles. The number of aliphatic carboxylic acids is 1. The highest BCUT2D eigenvalue weighted by atomic mass is 16.4. The van der Waals surface area contributed by atoms with Gasteiger partial charge in [-0.2, -0.15) is 0 Å². The average molecular weight is 155 g/mol. The molecule has 0 amide bonds. The van der Waals surface area contributed by atoms with Crippen molar-refractivity contribution in [2.24, 2.45) is 11.8 Å². The number of piperidine rings is 1. The maximum absolute atomic E-state index is 10.7. The number of carboxylic acid groups (broad SMARTS) is 1. The van der Waals surface area contributed by atoms with Crippen molar-refractivity contribution in [1.29, 1.82) is 0 Å². The molecule has 3 unspecified atom stereocenters. The van der Waals surface area contributed by atoms with Crippen molar-refractivity contribution in [3.05, 3.63) is 0 Å². The van der Waals surface area contributed by atoms with Gasteiger partial charge >= 0.3 is 5.97 Å². The van der Waals surface area contributed by atoms with E-state index in [0.29, 0.717) is 5.92 Å². The van der Waals surface area contributed by atoms with Gasteiger partial charge < -0.3 is 10.0 Å². The van der Waals surface area contributed by atoms with Crippen LogP contribution in [0, 0.1) is 11.8 Å². The Morgan fingerprint density at radius 2 is 2.09 bits per heavy atom. The van der Waals surface area contributed by atoms with E-state index in [-0.39, 0.29) is 5.92 Å². The molecule has 0 aromatic carbocycles. The molecular formula is C8H13NO2. The molecule has 1 N–H and O–H groups in total. The van der Waals surface area contributed by atoms with Crippen LogP contribution in [0.5, 0.6) is 0 Å². The first-order chi connectivity index (χ1) is 5.27. The molecule has 0 aromatic rings.